The summed E-state index contributed by atoms with van der Waals surface area (Å²) in [7, 11) is 0. The molecule has 2 aromatic heterocycles. The summed E-state index contributed by atoms with van der Waals surface area (Å²) in [4.78, 5) is 7.06. The molecule has 0 amide bonds. The van der Waals surface area contributed by atoms with Crippen LogP contribution in [0.3, 0.4) is 0 Å². The molecule has 0 radical (unpaired) electrons. The van der Waals surface area contributed by atoms with E-state index in [-0.39, 0.29) is 6.04 Å². The number of thiophene rings is 1. The number of fused-ring (bicyclic) bond motifs is 1. The highest BCUT2D eigenvalue weighted by Gasteiger charge is 2.18. The van der Waals surface area contributed by atoms with E-state index in [1.807, 2.05) is 29.5 Å². The molecule has 5 heteroatoms. The predicted octanol–water partition coefficient (Wildman–Crippen LogP) is 4.56. The van der Waals surface area contributed by atoms with Crippen LogP contribution in [0.4, 0.5) is 5.95 Å². The number of hydrogen-bond donors (Lipinski definition) is 1. The van der Waals surface area contributed by atoms with Crippen LogP contribution in [0, 0.1) is 13.8 Å². The number of aryl methyl sites for hydroxylation is 2. The van der Waals surface area contributed by atoms with Gasteiger partial charge >= 0.3 is 0 Å². The molecule has 3 nitrogen and oxygen atoms in total. The van der Waals surface area contributed by atoms with Crippen LogP contribution in [0.1, 0.15) is 28.3 Å². The minimum Gasteiger partial charge on any atom is -0.369 e. The topological polar surface area (TPSA) is 43.8 Å². The molecule has 0 saturated carbocycles. The molecule has 2 N–H and O–H groups in total. The van der Waals surface area contributed by atoms with E-state index in [2.05, 4.69) is 36.4 Å². The van der Waals surface area contributed by atoms with Gasteiger partial charge in [0.15, 0.2) is 0 Å². The van der Waals surface area contributed by atoms with E-state index in [0.717, 1.165) is 11.0 Å². The van der Waals surface area contributed by atoms with Gasteiger partial charge in [0, 0.05) is 14.8 Å². The van der Waals surface area contributed by atoms with Crippen LogP contribution in [-0.2, 0) is 0 Å². The molecule has 0 aliphatic rings. The molecular formula is C15H16ClN3S. The molecule has 2 heterocycles. The molecular weight excluding hydrogens is 290 g/mol. The molecule has 0 spiro atoms. The van der Waals surface area contributed by atoms with Gasteiger partial charge in [0.1, 0.15) is 0 Å². The van der Waals surface area contributed by atoms with Gasteiger partial charge in [-0.3, -0.25) is 0 Å². The van der Waals surface area contributed by atoms with E-state index in [0.29, 0.717) is 11.0 Å². The van der Waals surface area contributed by atoms with E-state index in [1.165, 1.54) is 15.3 Å². The quantitative estimate of drug-likeness (QED) is 0.754. The molecule has 20 heavy (non-hydrogen) atoms. The van der Waals surface area contributed by atoms with E-state index in [4.69, 9.17) is 17.3 Å². The fourth-order valence-electron chi connectivity index (χ4n) is 2.70. The molecule has 0 saturated heterocycles. The van der Waals surface area contributed by atoms with Crippen LogP contribution in [0.25, 0.3) is 11.0 Å². The van der Waals surface area contributed by atoms with Crippen LogP contribution in [0.15, 0.2) is 24.3 Å². The summed E-state index contributed by atoms with van der Waals surface area (Å²) in [5, 5.41) is 0.678. The van der Waals surface area contributed by atoms with Gasteiger partial charge in [0.05, 0.1) is 17.1 Å². The number of imidazole rings is 1. The summed E-state index contributed by atoms with van der Waals surface area (Å²) in [5.41, 5.74) is 9.27. The van der Waals surface area contributed by atoms with Gasteiger partial charge in [-0.15, -0.1) is 11.3 Å². The minimum atomic E-state index is 0.158. The van der Waals surface area contributed by atoms with Crippen molar-refractivity contribution < 1.29 is 0 Å². The lowest BCUT2D eigenvalue weighted by molar-refractivity contribution is 0.666. The smallest absolute Gasteiger partial charge is 0.201 e. The highest BCUT2D eigenvalue weighted by molar-refractivity contribution is 7.12. The third-order valence-electron chi connectivity index (χ3n) is 3.60. The molecule has 1 aromatic carbocycles. The fourth-order valence-corrected chi connectivity index (χ4v) is 3.88. The maximum absolute atomic E-state index is 6.11. The Labute approximate surface area is 127 Å². The Balaban J connectivity index is 2.18. The Hall–Kier alpha value is -1.52. The third kappa shape index (κ3) is 2.09. The van der Waals surface area contributed by atoms with Crippen LogP contribution >= 0.6 is 22.9 Å². The second-order valence-electron chi connectivity index (χ2n) is 5.02. The number of anilines is 1. The number of nitrogens with zero attached hydrogens (tertiary/aromatic N) is 2. The number of benzene rings is 1. The first-order valence-electron chi connectivity index (χ1n) is 6.47. The summed E-state index contributed by atoms with van der Waals surface area (Å²) in [5.74, 6) is 0.526. The molecule has 104 valence electrons. The van der Waals surface area contributed by atoms with Gasteiger partial charge in [-0.1, -0.05) is 11.6 Å². The van der Waals surface area contributed by atoms with Gasteiger partial charge in [-0.2, -0.15) is 0 Å². The van der Waals surface area contributed by atoms with Gasteiger partial charge in [0.25, 0.3) is 0 Å². The molecule has 3 rings (SSSR count). The Morgan fingerprint density at radius 3 is 2.70 bits per heavy atom. The van der Waals surface area contributed by atoms with Gasteiger partial charge in [0.2, 0.25) is 5.95 Å². The Morgan fingerprint density at radius 1 is 1.30 bits per heavy atom. The zero-order valence-corrected chi connectivity index (χ0v) is 13.2. The van der Waals surface area contributed by atoms with E-state index in [9.17, 15) is 0 Å². The molecule has 0 fully saturated rings. The average Bonchev–Trinajstić information content (AvgIpc) is 2.87. The standard InChI is InChI=1S/C15H16ClN3S/c1-8-6-12(10(3)20-8)9(2)19-14-5-4-11(16)7-13(14)18-15(19)17/h4-7,9H,1-3H3,(H2,17,18). The minimum absolute atomic E-state index is 0.158. The summed E-state index contributed by atoms with van der Waals surface area (Å²) in [6, 6.07) is 8.09. The largest absolute Gasteiger partial charge is 0.369 e. The zero-order chi connectivity index (χ0) is 14.4. The zero-order valence-electron chi connectivity index (χ0n) is 11.6. The number of hydrogen-bond acceptors (Lipinski definition) is 3. The number of nitrogen functional groups attached to an aromatic ring is 1. The van der Waals surface area contributed by atoms with Crippen molar-refractivity contribution in [1.29, 1.82) is 0 Å². The van der Waals surface area contributed by atoms with Crippen LogP contribution < -0.4 is 5.73 Å². The molecule has 0 aliphatic carbocycles. The number of halogens is 1. The molecule has 1 unspecified atom stereocenters. The highest BCUT2D eigenvalue weighted by atomic mass is 35.5. The van der Waals surface area contributed by atoms with Crippen molar-refractivity contribution in [1.82, 2.24) is 9.55 Å². The fraction of sp³-hybridized carbons (Fsp3) is 0.267. The maximum atomic E-state index is 6.11. The van der Waals surface area contributed by atoms with Crippen molar-refractivity contribution in [3.8, 4) is 0 Å². The second kappa shape index (κ2) is 4.79. The SMILES string of the molecule is Cc1cc(C(C)n2c(N)nc3cc(Cl)ccc32)c(C)s1. The Morgan fingerprint density at radius 2 is 2.05 bits per heavy atom. The van der Waals surface area contributed by atoms with Gasteiger partial charge < -0.3 is 10.3 Å². The first kappa shape index (κ1) is 13.5. The van der Waals surface area contributed by atoms with Crippen LogP contribution in [0.2, 0.25) is 5.02 Å². The van der Waals surface area contributed by atoms with Gasteiger partial charge in [-0.05, 0) is 50.6 Å². The van der Waals surface area contributed by atoms with Crippen LogP contribution in [-0.4, -0.2) is 9.55 Å². The maximum Gasteiger partial charge on any atom is 0.201 e. The number of nitrogens with two attached hydrogens (primary N) is 1. The lowest BCUT2D eigenvalue weighted by atomic mass is 10.1. The normalized spacial score (nSPS) is 13.0. The summed E-state index contributed by atoms with van der Waals surface area (Å²) in [6.45, 7) is 6.43. The third-order valence-corrected chi connectivity index (χ3v) is 4.81. The molecule has 0 bridgehead atoms. The van der Waals surface area contributed by atoms with E-state index >= 15 is 0 Å². The highest BCUT2D eigenvalue weighted by Crippen LogP contribution is 2.33. The Bertz CT molecular complexity index is 788. The second-order valence-corrected chi connectivity index (χ2v) is 6.91. The lowest BCUT2D eigenvalue weighted by Crippen LogP contribution is -2.10. The van der Waals surface area contributed by atoms with Crippen molar-refractivity contribution in [3.05, 3.63) is 44.6 Å². The van der Waals surface area contributed by atoms with Crippen molar-refractivity contribution in [2.24, 2.45) is 0 Å². The van der Waals surface area contributed by atoms with Crippen molar-refractivity contribution in [3.63, 3.8) is 0 Å². The average molecular weight is 306 g/mol. The number of aromatic nitrogens is 2. The van der Waals surface area contributed by atoms with E-state index in [1.54, 1.807) is 0 Å². The first-order chi connectivity index (χ1) is 9.47. The summed E-state index contributed by atoms with van der Waals surface area (Å²) in [6.07, 6.45) is 0. The monoisotopic (exact) mass is 305 g/mol. The molecule has 1 atom stereocenters. The van der Waals surface area contributed by atoms with Crippen molar-refractivity contribution in [2.75, 3.05) is 5.73 Å². The Kier molecular flexibility index (Phi) is 3.22. The van der Waals surface area contributed by atoms with Crippen molar-refractivity contribution >= 4 is 39.9 Å². The van der Waals surface area contributed by atoms with E-state index < -0.39 is 0 Å². The summed E-state index contributed by atoms with van der Waals surface area (Å²) >= 11 is 7.83. The van der Waals surface area contributed by atoms with Gasteiger partial charge in [-0.25, -0.2) is 4.98 Å². The predicted molar refractivity (Wildman–Crippen MR) is 86.8 cm³/mol. The lowest BCUT2D eigenvalue weighted by Gasteiger charge is -2.16. The molecule has 0 aliphatic heterocycles. The van der Waals surface area contributed by atoms with Crippen LogP contribution in [0.5, 0.6) is 0 Å². The summed E-state index contributed by atoms with van der Waals surface area (Å²) < 4.78 is 2.07. The first-order valence-corrected chi connectivity index (χ1v) is 7.66. The van der Waals surface area contributed by atoms with Crippen molar-refractivity contribution in [2.45, 2.75) is 26.8 Å². The molecule has 3 aromatic rings. The number of rotatable bonds is 2.